The van der Waals surface area contributed by atoms with Crippen LogP contribution in [0.1, 0.15) is 116 Å². The number of hydrogen-bond donors (Lipinski definition) is 2. The van der Waals surface area contributed by atoms with Crippen LogP contribution in [0.2, 0.25) is 0 Å². The fraction of sp³-hybridized carbons (Fsp3) is 0.688. The summed E-state index contributed by atoms with van der Waals surface area (Å²) in [6.45, 7) is 2.91. The van der Waals surface area contributed by atoms with Crippen LogP contribution in [-0.2, 0) is 13.1 Å². The average molecular weight is 672 g/mol. The van der Waals surface area contributed by atoms with Crippen molar-refractivity contribution in [3.63, 3.8) is 0 Å². The van der Waals surface area contributed by atoms with Crippen LogP contribution in [0.25, 0.3) is 11.1 Å². The van der Waals surface area contributed by atoms with Gasteiger partial charge in [0.1, 0.15) is 13.1 Å². The molecule has 0 aromatic carbocycles. The van der Waals surface area contributed by atoms with Gasteiger partial charge in [-0.25, -0.2) is 9.13 Å². The fourth-order valence-corrected chi connectivity index (χ4v) is 4.88. The molecule has 0 radical (unpaired) electrons. The number of rotatable bonds is 23. The number of aryl methyl sites for hydroxylation is 2. The molecule has 0 saturated heterocycles. The van der Waals surface area contributed by atoms with Gasteiger partial charge in [0, 0.05) is 50.3 Å². The zero-order valence-electron chi connectivity index (χ0n) is 27.1. The number of aromatic nitrogens is 2. The van der Waals surface area contributed by atoms with Crippen molar-refractivity contribution in [3.8, 4) is 11.1 Å². The highest BCUT2D eigenvalue weighted by atomic mass is 19.5. The highest BCUT2D eigenvalue weighted by Gasteiger charge is 2.21. The van der Waals surface area contributed by atoms with E-state index in [2.05, 4.69) is 58.2 Å². The van der Waals surface area contributed by atoms with E-state index in [-0.39, 0.29) is 0 Å². The summed E-state index contributed by atoms with van der Waals surface area (Å²) in [5, 5.41) is 17.6. The molecular formula is C32H54B2F8N2O2. The molecular weight excluding hydrogens is 618 g/mol. The fourth-order valence-electron chi connectivity index (χ4n) is 4.88. The molecule has 0 amide bonds. The second-order valence-electron chi connectivity index (χ2n) is 11.5. The zero-order valence-corrected chi connectivity index (χ0v) is 27.1. The first kappa shape index (κ1) is 43.8. The molecule has 266 valence electrons. The summed E-state index contributed by atoms with van der Waals surface area (Å²) in [6.07, 6.45) is 31.6. The predicted molar refractivity (Wildman–Crippen MR) is 170 cm³/mol. The van der Waals surface area contributed by atoms with Crippen molar-refractivity contribution in [1.29, 1.82) is 0 Å². The molecule has 2 aromatic heterocycles. The number of pyridine rings is 2. The highest BCUT2D eigenvalue weighted by Crippen LogP contribution is 2.16. The van der Waals surface area contributed by atoms with Gasteiger partial charge in [0.05, 0.1) is 0 Å². The third kappa shape index (κ3) is 33.2. The summed E-state index contributed by atoms with van der Waals surface area (Å²) >= 11 is 0. The largest absolute Gasteiger partial charge is 0.673 e. The first-order valence-corrected chi connectivity index (χ1v) is 16.8. The topological polar surface area (TPSA) is 48.2 Å². The van der Waals surface area contributed by atoms with Crippen LogP contribution in [0.15, 0.2) is 49.1 Å². The van der Waals surface area contributed by atoms with E-state index in [1.807, 2.05) is 0 Å². The third-order valence-corrected chi connectivity index (χ3v) is 7.26. The Kier molecular flexibility index (Phi) is 26.5. The normalized spacial score (nSPS) is 11.4. The van der Waals surface area contributed by atoms with Gasteiger partial charge in [-0.05, 0) is 36.8 Å². The van der Waals surface area contributed by atoms with Gasteiger partial charge in [0.15, 0.2) is 24.8 Å². The average Bonchev–Trinajstić information content (AvgIpc) is 2.98. The van der Waals surface area contributed by atoms with Gasteiger partial charge in [-0.15, -0.1) is 0 Å². The van der Waals surface area contributed by atoms with Gasteiger partial charge >= 0.3 is 14.5 Å². The van der Waals surface area contributed by atoms with Crippen LogP contribution in [0.3, 0.4) is 0 Å². The van der Waals surface area contributed by atoms with Crippen molar-refractivity contribution in [2.24, 2.45) is 0 Å². The van der Waals surface area contributed by atoms with Crippen molar-refractivity contribution in [2.45, 2.75) is 129 Å². The molecule has 0 aliphatic rings. The van der Waals surface area contributed by atoms with Gasteiger partial charge in [0.25, 0.3) is 0 Å². The number of hydrogen-bond acceptors (Lipinski definition) is 2. The molecule has 0 aliphatic carbocycles. The van der Waals surface area contributed by atoms with Crippen molar-refractivity contribution in [1.82, 2.24) is 0 Å². The molecule has 2 aromatic rings. The van der Waals surface area contributed by atoms with Crippen LogP contribution in [0, 0.1) is 0 Å². The molecule has 46 heavy (non-hydrogen) atoms. The van der Waals surface area contributed by atoms with E-state index in [4.69, 9.17) is 10.2 Å². The molecule has 2 rings (SSSR count). The van der Waals surface area contributed by atoms with Gasteiger partial charge in [0.2, 0.25) is 0 Å². The molecule has 0 bridgehead atoms. The Bertz CT molecular complexity index is 862. The molecule has 0 saturated carbocycles. The molecule has 4 nitrogen and oxygen atoms in total. The van der Waals surface area contributed by atoms with Gasteiger partial charge in [-0.2, -0.15) is 0 Å². The molecule has 0 aliphatic heterocycles. The maximum atomic E-state index is 9.75. The van der Waals surface area contributed by atoms with E-state index in [1.165, 1.54) is 114 Å². The van der Waals surface area contributed by atoms with Crippen molar-refractivity contribution in [3.05, 3.63) is 49.1 Å². The van der Waals surface area contributed by atoms with Crippen LogP contribution in [0.5, 0.6) is 0 Å². The number of halogens is 8. The Morgan fingerprint density at radius 1 is 0.370 bits per heavy atom. The maximum Gasteiger partial charge on any atom is 0.673 e. The Morgan fingerprint density at radius 2 is 0.565 bits per heavy atom. The summed E-state index contributed by atoms with van der Waals surface area (Å²) in [5.41, 5.74) is 2.58. The minimum Gasteiger partial charge on any atom is -0.418 e. The first-order valence-electron chi connectivity index (χ1n) is 16.8. The first-order chi connectivity index (χ1) is 21.8. The Labute approximate surface area is 270 Å². The predicted octanol–water partition coefficient (Wildman–Crippen LogP) is 9.53. The number of nitrogens with zero attached hydrogens (tertiary/aromatic N) is 2. The standard InChI is InChI=1S/C32H54N2O2.2BF4/c35-29-17-13-9-5-1-3-7-11-15-23-33-25-19-31(20-26-33)32-21-27-34(28-22-32)24-16-12-8-4-2-6-10-14-18-30-36;2*2-1(3,4)5/h19-22,25-28,35-36H,1-18,23-24,29-30H2;;/q+2;2*-1. The van der Waals surface area contributed by atoms with Gasteiger partial charge < -0.3 is 44.7 Å². The van der Waals surface area contributed by atoms with Crippen molar-refractivity contribution >= 4 is 14.5 Å². The van der Waals surface area contributed by atoms with Crippen molar-refractivity contribution in [2.75, 3.05) is 13.2 Å². The van der Waals surface area contributed by atoms with E-state index >= 15 is 0 Å². The minimum atomic E-state index is -6.00. The lowest BCUT2D eigenvalue weighted by Crippen LogP contribution is -2.33. The summed E-state index contributed by atoms with van der Waals surface area (Å²) in [4.78, 5) is 0. The Hall–Kier alpha value is -2.21. The van der Waals surface area contributed by atoms with E-state index in [1.54, 1.807) is 0 Å². The quantitative estimate of drug-likeness (QED) is 0.0535. The van der Waals surface area contributed by atoms with Crippen molar-refractivity contribution < 1.29 is 53.9 Å². The van der Waals surface area contributed by atoms with E-state index in [0.717, 1.165) is 25.9 Å². The van der Waals surface area contributed by atoms with Gasteiger partial charge in [-0.3, -0.25) is 0 Å². The van der Waals surface area contributed by atoms with Gasteiger partial charge in [-0.1, -0.05) is 77.0 Å². The zero-order chi connectivity index (χ0) is 34.5. The maximum absolute atomic E-state index is 9.75. The molecule has 0 spiro atoms. The molecule has 2 N–H and O–H groups in total. The number of aliphatic hydroxyl groups excluding tert-OH is 2. The molecule has 0 atom stereocenters. The summed E-state index contributed by atoms with van der Waals surface area (Å²) in [6, 6.07) is 8.98. The molecule has 0 fully saturated rings. The van der Waals surface area contributed by atoms with Crippen LogP contribution < -0.4 is 9.13 Å². The van der Waals surface area contributed by atoms with E-state index in [0.29, 0.717) is 13.2 Å². The molecule has 0 unspecified atom stereocenters. The summed E-state index contributed by atoms with van der Waals surface area (Å²) in [7, 11) is -12.0. The Morgan fingerprint density at radius 3 is 0.783 bits per heavy atom. The molecule has 2 heterocycles. The van der Waals surface area contributed by atoms with Crippen LogP contribution in [0.4, 0.5) is 34.5 Å². The number of unbranched alkanes of at least 4 members (excludes halogenated alkanes) is 16. The lowest BCUT2D eigenvalue weighted by molar-refractivity contribution is -0.697. The lowest BCUT2D eigenvalue weighted by Gasteiger charge is -2.03. The lowest BCUT2D eigenvalue weighted by atomic mass is 10.1. The minimum absolute atomic E-state index is 0.347. The third-order valence-electron chi connectivity index (χ3n) is 7.26. The molecule has 14 heteroatoms. The number of aliphatic hydroxyl groups is 2. The summed E-state index contributed by atoms with van der Waals surface area (Å²) < 4.78 is 82.6. The van der Waals surface area contributed by atoms with Crippen LogP contribution >= 0.6 is 0 Å². The van der Waals surface area contributed by atoms with E-state index < -0.39 is 14.5 Å². The van der Waals surface area contributed by atoms with E-state index in [9.17, 15) is 34.5 Å². The SMILES string of the molecule is F[B-](F)(F)F.F[B-](F)(F)F.OCCCCCCCCCCC[n+]1ccc(-c2cc[n+](CCCCCCCCCCCO)cc2)cc1. The summed E-state index contributed by atoms with van der Waals surface area (Å²) in [5.74, 6) is 0. The smallest absolute Gasteiger partial charge is 0.418 e. The Balaban J connectivity index is 0.00000175. The second kappa shape index (κ2) is 27.9. The second-order valence-corrected chi connectivity index (χ2v) is 11.5. The van der Waals surface area contributed by atoms with Crippen LogP contribution in [-0.4, -0.2) is 37.9 Å². The monoisotopic (exact) mass is 672 g/mol. The highest BCUT2D eigenvalue weighted by molar-refractivity contribution is 6.50.